The van der Waals surface area contributed by atoms with Gasteiger partial charge in [0.2, 0.25) is 0 Å². The SMILES string of the molecule is Cc1ccc(N(C)c2ccc(CO)c(C)n2)c(C)c1. The summed E-state index contributed by atoms with van der Waals surface area (Å²) in [6.45, 7) is 6.15. The first-order valence-corrected chi connectivity index (χ1v) is 6.41. The minimum absolute atomic E-state index is 0.0341. The molecule has 2 rings (SSSR count). The number of aliphatic hydroxyl groups is 1. The van der Waals surface area contributed by atoms with Crippen LogP contribution in [0.3, 0.4) is 0 Å². The predicted octanol–water partition coefficient (Wildman–Crippen LogP) is 3.27. The maximum atomic E-state index is 9.19. The van der Waals surface area contributed by atoms with Crippen LogP contribution in [0.5, 0.6) is 0 Å². The Morgan fingerprint density at radius 1 is 1.11 bits per heavy atom. The Kier molecular flexibility index (Phi) is 3.86. The third-order valence-corrected chi connectivity index (χ3v) is 3.41. The van der Waals surface area contributed by atoms with Crippen molar-refractivity contribution in [2.24, 2.45) is 0 Å². The number of hydrogen-bond acceptors (Lipinski definition) is 3. The number of aromatic nitrogens is 1. The fourth-order valence-electron chi connectivity index (χ4n) is 2.24. The van der Waals surface area contributed by atoms with E-state index >= 15 is 0 Å². The van der Waals surface area contributed by atoms with Crippen molar-refractivity contribution in [1.29, 1.82) is 0 Å². The summed E-state index contributed by atoms with van der Waals surface area (Å²) >= 11 is 0. The lowest BCUT2D eigenvalue weighted by molar-refractivity contribution is 0.280. The number of hydrogen-bond donors (Lipinski definition) is 1. The summed E-state index contributed by atoms with van der Waals surface area (Å²) in [5.74, 6) is 0.890. The van der Waals surface area contributed by atoms with Gasteiger partial charge in [0.15, 0.2) is 0 Å². The molecule has 0 fully saturated rings. The molecule has 1 N–H and O–H groups in total. The standard InChI is InChI=1S/C16H20N2O/c1-11-5-7-15(12(2)9-11)18(4)16-8-6-14(10-19)13(3)17-16/h5-9,19H,10H2,1-4H3. The van der Waals surface area contributed by atoms with E-state index in [0.717, 1.165) is 22.8 Å². The van der Waals surface area contributed by atoms with Crippen LogP contribution in [0, 0.1) is 20.8 Å². The van der Waals surface area contributed by atoms with Gasteiger partial charge in [-0.1, -0.05) is 23.8 Å². The second kappa shape index (κ2) is 5.41. The van der Waals surface area contributed by atoms with E-state index in [1.807, 2.05) is 26.1 Å². The smallest absolute Gasteiger partial charge is 0.132 e. The normalized spacial score (nSPS) is 10.6. The van der Waals surface area contributed by atoms with Crippen LogP contribution in [-0.4, -0.2) is 17.1 Å². The Balaban J connectivity index is 2.38. The van der Waals surface area contributed by atoms with Crippen molar-refractivity contribution >= 4 is 11.5 Å². The van der Waals surface area contributed by atoms with Crippen LogP contribution in [0.15, 0.2) is 30.3 Å². The molecule has 0 spiro atoms. The zero-order chi connectivity index (χ0) is 14.0. The van der Waals surface area contributed by atoms with E-state index < -0.39 is 0 Å². The van der Waals surface area contributed by atoms with Crippen LogP contribution in [0.1, 0.15) is 22.4 Å². The highest BCUT2D eigenvalue weighted by molar-refractivity contribution is 5.63. The van der Waals surface area contributed by atoms with E-state index in [0.29, 0.717) is 0 Å². The van der Waals surface area contributed by atoms with Crippen molar-refractivity contribution < 1.29 is 5.11 Å². The molecule has 100 valence electrons. The van der Waals surface area contributed by atoms with Gasteiger partial charge in [-0.25, -0.2) is 4.98 Å². The second-order valence-electron chi connectivity index (χ2n) is 4.92. The van der Waals surface area contributed by atoms with Crippen LogP contribution >= 0.6 is 0 Å². The minimum atomic E-state index is 0.0341. The molecule has 0 unspecified atom stereocenters. The summed E-state index contributed by atoms with van der Waals surface area (Å²) in [5.41, 5.74) is 5.38. The van der Waals surface area contributed by atoms with Crippen LogP contribution in [0.4, 0.5) is 11.5 Å². The van der Waals surface area contributed by atoms with E-state index in [1.54, 1.807) is 0 Å². The molecule has 0 radical (unpaired) electrons. The fourth-order valence-corrected chi connectivity index (χ4v) is 2.24. The number of aliphatic hydroxyl groups excluding tert-OH is 1. The van der Waals surface area contributed by atoms with Crippen molar-refractivity contribution in [3.05, 3.63) is 52.7 Å². The number of aryl methyl sites for hydroxylation is 3. The van der Waals surface area contributed by atoms with Gasteiger partial charge in [-0.05, 0) is 44.0 Å². The van der Waals surface area contributed by atoms with Crippen molar-refractivity contribution in [3.63, 3.8) is 0 Å². The van der Waals surface area contributed by atoms with Gasteiger partial charge in [-0.15, -0.1) is 0 Å². The number of nitrogens with zero attached hydrogens (tertiary/aromatic N) is 2. The number of anilines is 2. The summed E-state index contributed by atoms with van der Waals surface area (Å²) in [4.78, 5) is 6.62. The second-order valence-corrected chi connectivity index (χ2v) is 4.92. The molecule has 0 aliphatic rings. The highest BCUT2D eigenvalue weighted by Crippen LogP contribution is 2.26. The molecule has 3 heteroatoms. The lowest BCUT2D eigenvalue weighted by Crippen LogP contribution is -2.13. The largest absolute Gasteiger partial charge is 0.392 e. The summed E-state index contributed by atoms with van der Waals surface area (Å²) in [5, 5.41) is 9.19. The Bertz CT molecular complexity index is 593. The minimum Gasteiger partial charge on any atom is -0.392 e. The van der Waals surface area contributed by atoms with Gasteiger partial charge in [0.05, 0.1) is 6.61 Å². The van der Waals surface area contributed by atoms with Crippen molar-refractivity contribution in [1.82, 2.24) is 4.98 Å². The van der Waals surface area contributed by atoms with Gasteiger partial charge >= 0.3 is 0 Å². The number of pyridine rings is 1. The molecule has 0 aliphatic carbocycles. The molecule has 0 atom stereocenters. The van der Waals surface area contributed by atoms with Crippen molar-refractivity contribution in [3.8, 4) is 0 Å². The average molecular weight is 256 g/mol. The van der Waals surface area contributed by atoms with Crippen LogP contribution in [0.25, 0.3) is 0 Å². The first-order valence-electron chi connectivity index (χ1n) is 6.41. The highest BCUT2D eigenvalue weighted by Gasteiger charge is 2.09. The van der Waals surface area contributed by atoms with Crippen LogP contribution < -0.4 is 4.90 Å². The summed E-state index contributed by atoms with van der Waals surface area (Å²) in [6.07, 6.45) is 0. The monoisotopic (exact) mass is 256 g/mol. The molecular weight excluding hydrogens is 236 g/mol. The van der Waals surface area contributed by atoms with E-state index in [1.165, 1.54) is 11.1 Å². The van der Waals surface area contributed by atoms with E-state index in [2.05, 4.69) is 41.9 Å². The average Bonchev–Trinajstić information content (AvgIpc) is 2.38. The van der Waals surface area contributed by atoms with E-state index in [9.17, 15) is 5.11 Å². The molecule has 1 heterocycles. The molecule has 2 aromatic rings. The van der Waals surface area contributed by atoms with E-state index in [4.69, 9.17) is 0 Å². The maximum absolute atomic E-state index is 9.19. The quantitative estimate of drug-likeness (QED) is 0.915. The zero-order valence-electron chi connectivity index (χ0n) is 11.9. The Morgan fingerprint density at radius 2 is 1.84 bits per heavy atom. The fraction of sp³-hybridized carbons (Fsp3) is 0.312. The Hall–Kier alpha value is -1.87. The van der Waals surface area contributed by atoms with Gasteiger partial charge in [-0.2, -0.15) is 0 Å². The number of benzene rings is 1. The first kappa shape index (κ1) is 13.6. The molecule has 3 nitrogen and oxygen atoms in total. The van der Waals surface area contributed by atoms with Crippen LogP contribution in [-0.2, 0) is 6.61 Å². The number of rotatable bonds is 3. The van der Waals surface area contributed by atoms with Crippen molar-refractivity contribution in [2.75, 3.05) is 11.9 Å². The molecule has 19 heavy (non-hydrogen) atoms. The highest BCUT2D eigenvalue weighted by atomic mass is 16.3. The third kappa shape index (κ3) is 2.76. The first-order chi connectivity index (χ1) is 9.02. The third-order valence-electron chi connectivity index (χ3n) is 3.41. The maximum Gasteiger partial charge on any atom is 0.132 e. The molecule has 0 saturated carbocycles. The van der Waals surface area contributed by atoms with Gasteiger partial charge in [0.1, 0.15) is 5.82 Å². The predicted molar refractivity (Wildman–Crippen MR) is 78.9 cm³/mol. The Morgan fingerprint density at radius 3 is 2.42 bits per heavy atom. The van der Waals surface area contributed by atoms with Gasteiger partial charge < -0.3 is 10.0 Å². The molecule has 1 aromatic heterocycles. The van der Waals surface area contributed by atoms with Gasteiger partial charge in [0.25, 0.3) is 0 Å². The lowest BCUT2D eigenvalue weighted by atomic mass is 10.1. The van der Waals surface area contributed by atoms with Crippen LogP contribution in [0.2, 0.25) is 0 Å². The summed E-state index contributed by atoms with van der Waals surface area (Å²) in [6, 6.07) is 10.3. The summed E-state index contributed by atoms with van der Waals surface area (Å²) in [7, 11) is 2.01. The Labute approximate surface area is 114 Å². The molecule has 0 aliphatic heterocycles. The molecule has 1 aromatic carbocycles. The zero-order valence-corrected chi connectivity index (χ0v) is 11.9. The van der Waals surface area contributed by atoms with Gasteiger partial charge in [-0.3, -0.25) is 0 Å². The van der Waals surface area contributed by atoms with Gasteiger partial charge in [0, 0.05) is 18.4 Å². The molecule has 0 saturated heterocycles. The molecular formula is C16H20N2O. The summed E-state index contributed by atoms with van der Waals surface area (Å²) < 4.78 is 0. The molecule has 0 bridgehead atoms. The molecule has 0 amide bonds. The van der Waals surface area contributed by atoms with Crippen molar-refractivity contribution in [2.45, 2.75) is 27.4 Å². The van der Waals surface area contributed by atoms with E-state index in [-0.39, 0.29) is 6.61 Å². The lowest BCUT2D eigenvalue weighted by Gasteiger charge is -2.21. The topological polar surface area (TPSA) is 36.4 Å².